The Bertz CT molecular complexity index is 718. The van der Waals surface area contributed by atoms with Gasteiger partial charge in [-0.1, -0.05) is 137 Å². The number of rotatable bonds is 27. The standard InChI is InChI=1S/C38H68O2/c1-7-8-9-10-11-12-13-14-15-16-17-18-19-20-21-31-38(39)40-33-32-37(6)30-24-29-36(5)28-23-27-35(4)26-22-25-34(2)3/h25,27,29,32H,7-24,26,28,30-31,33H2,1-6H3/b35-27+,36-29?,37-32-. The lowest BCUT2D eigenvalue weighted by molar-refractivity contribution is -0.142. The fourth-order valence-electron chi connectivity index (χ4n) is 4.98. The average Bonchev–Trinajstić information content (AvgIpc) is 2.90. The van der Waals surface area contributed by atoms with Gasteiger partial charge in [-0.25, -0.2) is 0 Å². The van der Waals surface area contributed by atoms with Gasteiger partial charge in [0.05, 0.1) is 0 Å². The number of hydrogen-bond donors (Lipinski definition) is 0. The number of carbonyl (C=O) groups excluding carboxylic acids is 1. The van der Waals surface area contributed by atoms with Crippen LogP contribution in [-0.4, -0.2) is 12.6 Å². The molecule has 0 amide bonds. The molecule has 0 bridgehead atoms. The van der Waals surface area contributed by atoms with E-state index in [-0.39, 0.29) is 5.97 Å². The van der Waals surface area contributed by atoms with Crippen LogP contribution in [0.3, 0.4) is 0 Å². The number of allylic oxidation sites excluding steroid dienone is 7. The van der Waals surface area contributed by atoms with Gasteiger partial charge in [-0.15, -0.1) is 0 Å². The third-order valence-corrected chi connectivity index (χ3v) is 7.81. The van der Waals surface area contributed by atoms with Crippen LogP contribution in [0.25, 0.3) is 0 Å². The molecule has 0 radical (unpaired) electrons. The highest BCUT2D eigenvalue weighted by molar-refractivity contribution is 5.69. The van der Waals surface area contributed by atoms with Crippen molar-refractivity contribution in [3.63, 3.8) is 0 Å². The third kappa shape index (κ3) is 29.4. The summed E-state index contributed by atoms with van der Waals surface area (Å²) in [7, 11) is 0. The highest BCUT2D eigenvalue weighted by atomic mass is 16.5. The Hall–Kier alpha value is -1.57. The summed E-state index contributed by atoms with van der Waals surface area (Å²) in [5.74, 6) is -0.0429. The molecule has 0 unspecified atom stereocenters. The summed E-state index contributed by atoms with van der Waals surface area (Å²) in [5.41, 5.74) is 5.68. The predicted octanol–water partition coefficient (Wildman–Crippen LogP) is 12.9. The van der Waals surface area contributed by atoms with E-state index in [1.807, 2.05) is 0 Å². The van der Waals surface area contributed by atoms with Gasteiger partial charge in [-0.05, 0) is 85.6 Å². The minimum absolute atomic E-state index is 0.0429. The molecule has 0 aromatic carbocycles. The number of ether oxygens (including phenoxy) is 1. The lowest BCUT2D eigenvalue weighted by Crippen LogP contribution is -2.04. The number of esters is 1. The second-order valence-corrected chi connectivity index (χ2v) is 12.4. The van der Waals surface area contributed by atoms with Gasteiger partial charge in [-0.2, -0.15) is 0 Å². The molecule has 0 aliphatic heterocycles. The molecule has 232 valence electrons. The minimum Gasteiger partial charge on any atom is -0.461 e. The quantitative estimate of drug-likeness (QED) is 0.0571. The van der Waals surface area contributed by atoms with Gasteiger partial charge in [0, 0.05) is 6.42 Å². The molecular formula is C38H68O2. The first kappa shape index (κ1) is 38.4. The monoisotopic (exact) mass is 557 g/mol. The van der Waals surface area contributed by atoms with Crippen LogP contribution in [0.1, 0.15) is 183 Å². The molecule has 0 saturated carbocycles. The van der Waals surface area contributed by atoms with Gasteiger partial charge in [-0.3, -0.25) is 4.79 Å². The van der Waals surface area contributed by atoms with Crippen LogP contribution in [0.2, 0.25) is 0 Å². The molecular weight excluding hydrogens is 488 g/mol. The minimum atomic E-state index is -0.0429. The number of carbonyl (C=O) groups is 1. The van der Waals surface area contributed by atoms with E-state index in [2.05, 4.69) is 65.8 Å². The van der Waals surface area contributed by atoms with Crippen molar-refractivity contribution in [2.75, 3.05) is 6.61 Å². The molecule has 0 aromatic rings. The van der Waals surface area contributed by atoms with Crippen LogP contribution in [0.15, 0.2) is 46.6 Å². The zero-order valence-electron chi connectivity index (χ0n) is 27.9. The van der Waals surface area contributed by atoms with Crippen LogP contribution in [-0.2, 0) is 9.53 Å². The fraction of sp³-hybridized carbons (Fsp3) is 0.763. The Balaban J connectivity index is 3.66. The topological polar surface area (TPSA) is 26.3 Å². The molecule has 40 heavy (non-hydrogen) atoms. The van der Waals surface area contributed by atoms with Crippen molar-refractivity contribution in [2.45, 2.75) is 183 Å². The predicted molar refractivity (Wildman–Crippen MR) is 179 cm³/mol. The van der Waals surface area contributed by atoms with Crippen LogP contribution >= 0.6 is 0 Å². The summed E-state index contributed by atoms with van der Waals surface area (Å²) in [6, 6.07) is 0. The average molecular weight is 557 g/mol. The molecule has 0 spiro atoms. The maximum Gasteiger partial charge on any atom is 0.306 e. The Morgan fingerprint density at radius 1 is 0.475 bits per heavy atom. The Morgan fingerprint density at radius 2 is 0.850 bits per heavy atom. The summed E-state index contributed by atoms with van der Waals surface area (Å²) >= 11 is 0. The van der Waals surface area contributed by atoms with E-state index < -0.39 is 0 Å². The molecule has 0 fully saturated rings. The maximum atomic E-state index is 12.0. The molecule has 0 rings (SSSR count). The molecule has 0 heterocycles. The molecule has 0 aliphatic rings. The van der Waals surface area contributed by atoms with Crippen LogP contribution in [0, 0.1) is 0 Å². The van der Waals surface area contributed by atoms with Crippen molar-refractivity contribution in [3.8, 4) is 0 Å². The molecule has 0 aliphatic carbocycles. The van der Waals surface area contributed by atoms with Crippen molar-refractivity contribution >= 4 is 5.97 Å². The third-order valence-electron chi connectivity index (χ3n) is 7.81. The first-order chi connectivity index (χ1) is 19.3. The number of hydrogen-bond acceptors (Lipinski definition) is 2. The van der Waals surface area contributed by atoms with E-state index >= 15 is 0 Å². The van der Waals surface area contributed by atoms with E-state index in [0.717, 1.165) is 44.9 Å². The van der Waals surface area contributed by atoms with Crippen LogP contribution in [0.5, 0.6) is 0 Å². The Morgan fingerprint density at radius 3 is 1.27 bits per heavy atom. The van der Waals surface area contributed by atoms with Gasteiger partial charge in [0.2, 0.25) is 0 Å². The smallest absolute Gasteiger partial charge is 0.306 e. The van der Waals surface area contributed by atoms with Crippen molar-refractivity contribution in [1.29, 1.82) is 0 Å². The van der Waals surface area contributed by atoms with E-state index in [1.165, 1.54) is 112 Å². The van der Waals surface area contributed by atoms with E-state index in [9.17, 15) is 4.79 Å². The van der Waals surface area contributed by atoms with Crippen molar-refractivity contribution in [3.05, 3.63) is 46.6 Å². The highest BCUT2D eigenvalue weighted by Crippen LogP contribution is 2.15. The normalized spacial score (nSPS) is 12.6. The van der Waals surface area contributed by atoms with E-state index in [0.29, 0.717) is 13.0 Å². The summed E-state index contributed by atoms with van der Waals surface area (Å²) in [4.78, 5) is 12.0. The summed E-state index contributed by atoms with van der Waals surface area (Å²) in [5, 5.41) is 0. The molecule has 0 aromatic heterocycles. The van der Waals surface area contributed by atoms with E-state index in [4.69, 9.17) is 4.74 Å². The summed E-state index contributed by atoms with van der Waals surface area (Å²) < 4.78 is 5.43. The highest BCUT2D eigenvalue weighted by Gasteiger charge is 2.02. The fourth-order valence-corrected chi connectivity index (χ4v) is 4.98. The molecule has 0 N–H and O–H groups in total. The van der Waals surface area contributed by atoms with Crippen LogP contribution in [0.4, 0.5) is 0 Å². The first-order valence-corrected chi connectivity index (χ1v) is 17.1. The molecule has 2 heteroatoms. The van der Waals surface area contributed by atoms with Gasteiger partial charge in [0.25, 0.3) is 0 Å². The zero-order valence-corrected chi connectivity index (χ0v) is 27.9. The Kier molecular flexibility index (Phi) is 27.8. The maximum absolute atomic E-state index is 12.0. The van der Waals surface area contributed by atoms with Gasteiger partial charge < -0.3 is 4.74 Å². The van der Waals surface area contributed by atoms with Gasteiger partial charge in [0.1, 0.15) is 6.61 Å². The first-order valence-electron chi connectivity index (χ1n) is 17.1. The zero-order chi connectivity index (χ0) is 29.7. The van der Waals surface area contributed by atoms with E-state index in [1.54, 1.807) is 0 Å². The lowest BCUT2D eigenvalue weighted by Gasteiger charge is -2.05. The second-order valence-electron chi connectivity index (χ2n) is 12.4. The summed E-state index contributed by atoms with van der Waals surface area (Å²) in [6.07, 6.45) is 36.6. The van der Waals surface area contributed by atoms with Crippen molar-refractivity contribution in [1.82, 2.24) is 0 Å². The molecule has 0 atom stereocenters. The SMILES string of the molecule is CCCCCCCCCCCCCCCCCC(=O)OC/C=C(/C)CCC=C(C)CC/C=C(\C)CCC=C(C)C. The van der Waals surface area contributed by atoms with Crippen LogP contribution < -0.4 is 0 Å². The summed E-state index contributed by atoms with van der Waals surface area (Å²) in [6.45, 7) is 13.7. The van der Waals surface area contributed by atoms with Crippen molar-refractivity contribution in [2.24, 2.45) is 0 Å². The van der Waals surface area contributed by atoms with Gasteiger partial charge >= 0.3 is 5.97 Å². The Labute approximate surface area is 251 Å². The van der Waals surface area contributed by atoms with Crippen molar-refractivity contribution < 1.29 is 9.53 Å². The second kappa shape index (κ2) is 28.9. The molecule has 2 nitrogen and oxygen atoms in total. The lowest BCUT2D eigenvalue weighted by atomic mass is 10.0. The molecule has 0 saturated heterocycles. The van der Waals surface area contributed by atoms with Gasteiger partial charge in [0.15, 0.2) is 0 Å². The largest absolute Gasteiger partial charge is 0.461 e. The number of unbranched alkanes of at least 4 members (excludes halogenated alkanes) is 14.